The molecule has 1 saturated heterocycles. The highest BCUT2D eigenvalue weighted by Gasteiger charge is 2.25. The predicted octanol–water partition coefficient (Wildman–Crippen LogP) is 4.99. The number of carbonyl (C=O) groups is 3. The molecule has 0 saturated carbocycles. The molecule has 1 heterocycles. The molecule has 1 aliphatic rings. The van der Waals surface area contributed by atoms with Crippen molar-refractivity contribution in [3.8, 4) is 0 Å². The molecule has 0 radical (unpaired) electrons. The zero-order valence-corrected chi connectivity index (χ0v) is 21.1. The number of hydrogen-bond donors (Lipinski definition) is 1. The number of nitrogens with zero attached hydrogens (tertiary/aromatic N) is 1. The Balaban J connectivity index is 1.66. The van der Waals surface area contributed by atoms with Crippen molar-refractivity contribution in [3.63, 3.8) is 0 Å². The lowest BCUT2D eigenvalue weighted by atomic mass is 9.88. The first-order valence-electron chi connectivity index (χ1n) is 11.7. The minimum atomic E-state index is -0.563. The van der Waals surface area contributed by atoms with E-state index < -0.39 is 23.6 Å². The fraction of sp³-hybridized carbons (Fsp3) is 0.444. The molecule has 1 amide bonds. The zero-order valence-electron chi connectivity index (χ0n) is 21.1. The molecule has 1 unspecified atom stereocenters. The van der Waals surface area contributed by atoms with E-state index in [9.17, 15) is 14.4 Å². The highest BCUT2D eigenvalue weighted by Crippen LogP contribution is 2.30. The van der Waals surface area contributed by atoms with Crippen LogP contribution in [0.1, 0.15) is 71.4 Å². The van der Waals surface area contributed by atoms with Gasteiger partial charge in [0.15, 0.2) is 0 Å². The molecule has 1 N–H and O–H groups in total. The normalized spacial score (nSPS) is 16.3. The maximum atomic E-state index is 12.3. The van der Waals surface area contributed by atoms with Crippen molar-refractivity contribution in [3.05, 3.63) is 64.7 Å². The van der Waals surface area contributed by atoms with Crippen molar-refractivity contribution in [1.82, 2.24) is 4.90 Å². The Hall–Kier alpha value is -3.39. The molecule has 8 heteroatoms. The van der Waals surface area contributed by atoms with Gasteiger partial charge >= 0.3 is 18.0 Å². The van der Waals surface area contributed by atoms with Gasteiger partial charge in [0.2, 0.25) is 0 Å². The van der Waals surface area contributed by atoms with E-state index in [-0.39, 0.29) is 17.0 Å². The summed E-state index contributed by atoms with van der Waals surface area (Å²) in [7, 11) is 2.59. The number of carbonyl (C=O) groups excluding carboxylic acids is 3. The summed E-state index contributed by atoms with van der Waals surface area (Å²) in [4.78, 5) is 38.7. The maximum Gasteiger partial charge on any atom is 0.412 e. The Morgan fingerprint density at radius 1 is 0.971 bits per heavy atom. The first-order chi connectivity index (χ1) is 16.6. The summed E-state index contributed by atoms with van der Waals surface area (Å²) in [5, 5.41) is 2.75. The summed E-state index contributed by atoms with van der Waals surface area (Å²) < 4.78 is 15.0. The molecule has 2 aromatic carbocycles. The van der Waals surface area contributed by atoms with Crippen LogP contribution in [-0.4, -0.2) is 55.8 Å². The van der Waals surface area contributed by atoms with Gasteiger partial charge in [-0.3, -0.25) is 10.2 Å². The molecule has 0 spiro atoms. The fourth-order valence-corrected chi connectivity index (χ4v) is 4.23. The second-order valence-corrected chi connectivity index (χ2v) is 9.69. The molecule has 0 aromatic heterocycles. The Morgan fingerprint density at radius 2 is 1.63 bits per heavy atom. The molecule has 0 aliphatic carbocycles. The van der Waals surface area contributed by atoms with Gasteiger partial charge in [-0.05, 0) is 81.5 Å². The molecule has 1 fully saturated rings. The van der Waals surface area contributed by atoms with Crippen molar-refractivity contribution >= 4 is 23.7 Å². The molecule has 3 rings (SSSR count). The summed E-state index contributed by atoms with van der Waals surface area (Å²) >= 11 is 0. The van der Waals surface area contributed by atoms with Gasteiger partial charge in [0.05, 0.1) is 25.3 Å². The quantitative estimate of drug-likeness (QED) is 0.458. The number of benzene rings is 2. The van der Waals surface area contributed by atoms with Gasteiger partial charge in [-0.25, -0.2) is 14.4 Å². The first kappa shape index (κ1) is 26.2. The number of anilines is 1. The van der Waals surface area contributed by atoms with E-state index in [2.05, 4.69) is 10.2 Å². The SMILES string of the molecule is COC(=O)c1ccc(C2CCCN(Cc3ccc(NC(=O)OC(C)(C)C)cc3)C2)cc1C(=O)OC. The van der Waals surface area contributed by atoms with Gasteiger partial charge in [-0.2, -0.15) is 0 Å². The average Bonchev–Trinajstić information content (AvgIpc) is 2.83. The van der Waals surface area contributed by atoms with E-state index >= 15 is 0 Å². The third kappa shape index (κ3) is 7.29. The molecule has 2 aromatic rings. The number of likely N-dealkylation sites (tertiary alicyclic amines) is 1. The number of amides is 1. The van der Waals surface area contributed by atoms with Crippen LogP contribution in [0.5, 0.6) is 0 Å². The summed E-state index contributed by atoms with van der Waals surface area (Å²) in [6.45, 7) is 8.05. The monoisotopic (exact) mass is 482 g/mol. The summed E-state index contributed by atoms with van der Waals surface area (Å²) in [5.41, 5.74) is 2.70. The van der Waals surface area contributed by atoms with Crippen LogP contribution in [0.25, 0.3) is 0 Å². The summed E-state index contributed by atoms with van der Waals surface area (Å²) in [5.74, 6) is -0.890. The van der Waals surface area contributed by atoms with Crippen molar-refractivity contribution in [2.24, 2.45) is 0 Å². The summed E-state index contributed by atoms with van der Waals surface area (Å²) in [6, 6.07) is 13.0. The Kier molecular flexibility index (Phi) is 8.51. The predicted molar refractivity (Wildman–Crippen MR) is 133 cm³/mol. The topological polar surface area (TPSA) is 94.2 Å². The number of methoxy groups -OCH3 is 2. The lowest BCUT2D eigenvalue weighted by molar-refractivity contribution is 0.0555. The Morgan fingerprint density at radius 3 is 2.26 bits per heavy atom. The van der Waals surface area contributed by atoms with E-state index in [4.69, 9.17) is 14.2 Å². The molecule has 1 aliphatic heterocycles. The van der Waals surface area contributed by atoms with Crippen LogP contribution >= 0.6 is 0 Å². The van der Waals surface area contributed by atoms with Crippen molar-refractivity contribution in [2.45, 2.75) is 51.7 Å². The highest BCUT2D eigenvalue weighted by atomic mass is 16.6. The first-order valence-corrected chi connectivity index (χ1v) is 11.7. The third-order valence-electron chi connectivity index (χ3n) is 5.84. The van der Waals surface area contributed by atoms with E-state index in [1.165, 1.54) is 14.2 Å². The number of rotatable bonds is 6. The number of piperidine rings is 1. The van der Waals surface area contributed by atoms with E-state index in [1.807, 2.05) is 51.1 Å². The second-order valence-electron chi connectivity index (χ2n) is 9.69. The number of ether oxygens (including phenoxy) is 3. The van der Waals surface area contributed by atoms with E-state index in [1.54, 1.807) is 12.1 Å². The van der Waals surface area contributed by atoms with Crippen LogP contribution in [0, 0.1) is 0 Å². The minimum absolute atomic E-state index is 0.204. The lowest BCUT2D eigenvalue weighted by Crippen LogP contribution is -2.34. The van der Waals surface area contributed by atoms with E-state index in [0.29, 0.717) is 5.69 Å². The van der Waals surface area contributed by atoms with Gasteiger partial charge in [0.1, 0.15) is 5.60 Å². The molecular formula is C27H34N2O6. The van der Waals surface area contributed by atoms with Gasteiger partial charge in [-0.1, -0.05) is 18.2 Å². The van der Waals surface area contributed by atoms with Crippen LogP contribution in [0.2, 0.25) is 0 Å². The maximum absolute atomic E-state index is 12.3. The van der Waals surface area contributed by atoms with Crippen molar-refractivity contribution in [1.29, 1.82) is 0 Å². The van der Waals surface area contributed by atoms with Crippen molar-refractivity contribution < 1.29 is 28.6 Å². The van der Waals surface area contributed by atoms with E-state index in [0.717, 1.165) is 43.6 Å². The highest BCUT2D eigenvalue weighted by molar-refractivity contribution is 6.03. The van der Waals surface area contributed by atoms with Crippen LogP contribution < -0.4 is 5.32 Å². The standard InChI is InChI=1S/C27H34N2O6/c1-27(2,3)35-26(32)28-21-11-8-18(9-12-21)16-29-14-6-7-20(17-29)19-10-13-22(24(30)33-4)23(15-19)25(31)34-5/h8-13,15,20H,6-7,14,16-17H2,1-5H3,(H,28,32). The van der Waals surface area contributed by atoms with Gasteiger partial charge in [0.25, 0.3) is 0 Å². The number of nitrogens with one attached hydrogen (secondary N) is 1. The average molecular weight is 483 g/mol. The minimum Gasteiger partial charge on any atom is -0.465 e. The second kappa shape index (κ2) is 11.4. The molecule has 0 bridgehead atoms. The van der Waals surface area contributed by atoms with Gasteiger partial charge in [-0.15, -0.1) is 0 Å². The van der Waals surface area contributed by atoms with Gasteiger partial charge < -0.3 is 14.2 Å². The Bertz CT molecular complexity index is 1060. The van der Waals surface area contributed by atoms with Crippen LogP contribution in [0.3, 0.4) is 0 Å². The molecule has 8 nitrogen and oxygen atoms in total. The zero-order chi connectivity index (χ0) is 25.6. The molecular weight excluding hydrogens is 448 g/mol. The fourth-order valence-electron chi connectivity index (χ4n) is 4.23. The molecule has 1 atom stereocenters. The third-order valence-corrected chi connectivity index (χ3v) is 5.84. The largest absolute Gasteiger partial charge is 0.465 e. The van der Waals surface area contributed by atoms with Crippen LogP contribution in [-0.2, 0) is 20.8 Å². The molecule has 188 valence electrons. The van der Waals surface area contributed by atoms with Crippen molar-refractivity contribution in [2.75, 3.05) is 32.6 Å². The Labute approximate surface area is 206 Å². The van der Waals surface area contributed by atoms with Crippen LogP contribution in [0.15, 0.2) is 42.5 Å². The lowest BCUT2D eigenvalue weighted by Gasteiger charge is -2.33. The van der Waals surface area contributed by atoms with Gasteiger partial charge in [0, 0.05) is 18.8 Å². The molecule has 35 heavy (non-hydrogen) atoms. The van der Waals surface area contributed by atoms with Crippen LogP contribution in [0.4, 0.5) is 10.5 Å². The number of esters is 2. The number of hydrogen-bond acceptors (Lipinski definition) is 7. The summed E-state index contributed by atoms with van der Waals surface area (Å²) in [6.07, 6.45) is 1.54. The smallest absolute Gasteiger partial charge is 0.412 e.